The monoisotopic (exact) mass is 578 g/mol. The largest absolute Gasteiger partial charge is 0.495 e. The molecule has 1 aliphatic rings. The number of allylic oxidation sites excluding steroid dienone is 2. The normalized spacial score (nSPS) is 14.8. The highest BCUT2D eigenvalue weighted by atomic mass is 35.5. The van der Waals surface area contributed by atoms with Gasteiger partial charge in [0.1, 0.15) is 5.75 Å². The quantitative estimate of drug-likeness (QED) is 0.274. The van der Waals surface area contributed by atoms with E-state index >= 15 is 0 Å². The van der Waals surface area contributed by atoms with Crippen LogP contribution in [0.1, 0.15) is 18.4 Å². The van der Waals surface area contributed by atoms with Crippen molar-refractivity contribution >= 4 is 58.2 Å². The molecular weight excluding hydrogens is 555 g/mol. The van der Waals surface area contributed by atoms with Gasteiger partial charge in [-0.25, -0.2) is 0 Å². The zero-order valence-electron chi connectivity index (χ0n) is 21.0. The zero-order chi connectivity index (χ0) is 27.9. The van der Waals surface area contributed by atoms with Crippen molar-refractivity contribution in [3.05, 3.63) is 110 Å². The Morgan fingerprint density at radius 1 is 0.974 bits per heavy atom. The van der Waals surface area contributed by atoms with Crippen molar-refractivity contribution in [2.45, 2.75) is 12.8 Å². The third-order valence-corrected chi connectivity index (χ3v) is 7.65. The van der Waals surface area contributed by atoms with Crippen molar-refractivity contribution in [1.82, 2.24) is 5.32 Å². The van der Waals surface area contributed by atoms with Crippen molar-refractivity contribution < 1.29 is 14.3 Å². The molecule has 0 spiro atoms. The Bertz CT molecular complexity index is 1530. The molecule has 3 N–H and O–H groups in total. The van der Waals surface area contributed by atoms with Gasteiger partial charge in [0.25, 0.3) is 5.91 Å². The van der Waals surface area contributed by atoms with Gasteiger partial charge in [-0.05, 0) is 42.8 Å². The summed E-state index contributed by atoms with van der Waals surface area (Å²) in [7, 11) is 1.52. The molecule has 0 radical (unpaired) electrons. The first-order chi connectivity index (χ1) is 18.8. The maximum Gasteiger partial charge on any atom is 0.254 e. The van der Waals surface area contributed by atoms with E-state index in [1.807, 2.05) is 0 Å². The summed E-state index contributed by atoms with van der Waals surface area (Å²) < 4.78 is 5.38. The summed E-state index contributed by atoms with van der Waals surface area (Å²) in [4.78, 5) is 26.4. The highest BCUT2D eigenvalue weighted by molar-refractivity contribution is 8.03. The molecule has 10 heteroatoms. The van der Waals surface area contributed by atoms with Gasteiger partial charge in [0.05, 0.1) is 51.8 Å². The van der Waals surface area contributed by atoms with Crippen molar-refractivity contribution in [2.24, 2.45) is 0 Å². The second-order valence-corrected chi connectivity index (χ2v) is 10.2. The molecule has 198 valence electrons. The minimum absolute atomic E-state index is 0.00397. The third kappa shape index (κ3) is 6.40. The van der Waals surface area contributed by atoms with E-state index < -0.39 is 11.8 Å². The SMILES string of the molecule is COc1ccccc1NC(=O)C1=C(C)NC(SCC(=O)Nc2ccccc2Cl)=C(C#N)[C@@H]1c1ccccc1Cl. The molecule has 0 aromatic heterocycles. The van der Waals surface area contributed by atoms with Crippen LogP contribution in [0.4, 0.5) is 11.4 Å². The topological polar surface area (TPSA) is 103 Å². The van der Waals surface area contributed by atoms with Crippen LogP contribution < -0.4 is 20.7 Å². The van der Waals surface area contributed by atoms with Crippen LogP contribution in [0.25, 0.3) is 0 Å². The number of para-hydroxylation sites is 3. The van der Waals surface area contributed by atoms with Gasteiger partial charge >= 0.3 is 0 Å². The van der Waals surface area contributed by atoms with Gasteiger partial charge in [0.2, 0.25) is 5.91 Å². The Morgan fingerprint density at radius 3 is 2.28 bits per heavy atom. The number of anilines is 2. The Labute approximate surface area is 240 Å². The van der Waals surface area contributed by atoms with Crippen LogP contribution in [0.5, 0.6) is 5.75 Å². The molecule has 2 amide bonds. The zero-order valence-corrected chi connectivity index (χ0v) is 23.4. The minimum Gasteiger partial charge on any atom is -0.495 e. The van der Waals surface area contributed by atoms with Crippen LogP contribution in [0.15, 0.2) is 94.7 Å². The summed E-state index contributed by atoms with van der Waals surface area (Å²) in [6.07, 6.45) is 0. The van der Waals surface area contributed by atoms with Gasteiger partial charge in [-0.15, -0.1) is 0 Å². The van der Waals surface area contributed by atoms with Crippen LogP contribution in [0.2, 0.25) is 10.0 Å². The number of amides is 2. The van der Waals surface area contributed by atoms with Crippen molar-refractivity contribution in [3.8, 4) is 11.8 Å². The molecule has 0 saturated heterocycles. The number of carbonyl (C=O) groups excluding carboxylic acids is 2. The van der Waals surface area contributed by atoms with E-state index in [1.165, 1.54) is 7.11 Å². The Morgan fingerprint density at radius 2 is 1.62 bits per heavy atom. The predicted molar refractivity (Wildman–Crippen MR) is 157 cm³/mol. The fourth-order valence-corrected chi connectivity index (χ4v) is 5.49. The van der Waals surface area contributed by atoms with Gasteiger partial charge < -0.3 is 20.7 Å². The standard InChI is InChI=1S/C29H24Cl2N4O3S/c1-17-26(28(37)35-23-13-7-8-14-24(23)38-2)27(18-9-3-4-10-20(18)30)19(15-32)29(33-17)39-16-25(36)34-22-12-6-5-11-21(22)31/h3-14,27,33H,16H2,1-2H3,(H,34,36)(H,35,37)/t27-/m0/s1. The minimum atomic E-state index is -0.770. The van der Waals surface area contributed by atoms with Crippen LogP contribution in [0.3, 0.4) is 0 Å². The second kappa shape index (κ2) is 12.8. The van der Waals surface area contributed by atoms with Crippen LogP contribution in [-0.2, 0) is 9.59 Å². The molecule has 1 heterocycles. The van der Waals surface area contributed by atoms with Crippen molar-refractivity contribution in [1.29, 1.82) is 5.26 Å². The molecule has 0 aliphatic carbocycles. The van der Waals surface area contributed by atoms with Gasteiger partial charge in [0.15, 0.2) is 0 Å². The maximum atomic E-state index is 13.7. The molecule has 0 fully saturated rings. The second-order valence-electron chi connectivity index (χ2n) is 8.44. The fraction of sp³-hybridized carbons (Fsp3) is 0.138. The molecule has 1 atom stereocenters. The number of nitriles is 1. The van der Waals surface area contributed by atoms with Crippen LogP contribution in [0, 0.1) is 11.3 Å². The lowest BCUT2D eigenvalue weighted by Gasteiger charge is -2.30. The Balaban J connectivity index is 1.66. The summed E-state index contributed by atoms with van der Waals surface area (Å²) in [6, 6.07) is 23.3. The summed E-state index contributed by atoms with van der Waals surface area (Å²) in [5, 5.41) is 20.4. The number of rotatable bonds is 8. The Hall–Kier alpha value is -3.90. The van der Waals surface area contributed by atoms with Gasteiger partial charge in [-0.2, -0.15) is 5.26 Å². The van der Waals surface area contributed by atoms with Gasteiger partial charge in [-0.3, -0.25) is 9.59 Å². The molecule has 0 saturated carbocycles. The maximum absolute atomic E-state index is 13.7. The molecule has 39 heavy (non-hydrogen) atoms. The summed E-state index contributed by atoms with van der Waals surface area (Å²) in [5.74, 6) is -0.977. The third-order valence-electron chi connectivity index (χ3n) is 5.96. The molecular formula is C29H24Cl2N4O3S. The van der Waals surface area contributed by atoms with E-state index in [-0.39, 0.29) is 17.2 Å². The fourth-order valence-electron chi connectivity index (χ4n) is 4.17. The number of methoxy groups -OCH3 is 1. The highest BCUT2D eigenvalue weighted by Crippen LogP contribution is 2.43. The van der Waals surface area contributed by atoms with Gasteiger partial charge in [0, 0.05) is 16.3 Å². The van der Waals surface area contributed by atoms with Crippen LogP contribution in [-0.4, -0.2) is 24.7 Å². The number of halogens is 2. The number of nitrogens with zero attached hydrogens (tertiary/aromatic N) is 1. The number of hydrogen-bond donors (Lipinski definition) is 3. The molecule has 7 nitrogen and oxygen atoms in total. The van der Waals surface area contributed by atoms with E-state index in [2.05, 4.69) is 22.0 Å². The van der Waals surface area contributed by atoms with Crippen molar-refractivity contribution in [3.63, 3.8) is 0 Å². The lowest BCUT2D eigenvalue weighted by atomic mass is 9.82. The first-order valence-electron chi connectivity index (χ1n) is 11.8. The number of ether oxygens (including phenoxy) is 1. The van der Waals surface area contributed by atoms with E-state index in [1.54, 1.807) is 79.7 Å². The molecule has 4 rings (SSSR count). The Kier molecular flexibility index (Phi) is 9.20. The van der Waals surface area contributed by atoms with E-state index in [4.69, 9.17) is 27.9 Å². The number of dihydropyridines is 1. The number of benzene rings is 3. The summed E-state index contributed by atoms with van der Waals surface area (Å²) in [6.45, 7) is 1.75. The van der Waals surface area contributed by atoms with Crippen LogP contribution >= 0.6 is 35.0 Å². The average Bonchev–Trinajstić information content (AvgIpc) is 2.93. The van der Waals surface area contributed by atoms with Gasteiger partial charge in [-0.1, -0.05) is 77.4 Å². The highest BCUT2D eigenvalue weighted by Gasteiger charge is 2.36. The molecule has 3 aromatic carbocycles. The average molecular weight is 580 g/mol. The summed E-state index contributed by atoms with van der Waals surface area (Å²) >= 11 is 13.9. The van der Waals surface area contributed by atoms with E-state index in [0.29, 0.717) is 49.0 Å². The van der Waals surface area contributed by atoms with Crippen molar-refractivity contribution in [2.75, 3.05) is 23.5 Å². The molecule has 1 aliphatic heterocycles. The molecule has 3 aromatic rings. The lowest BCUT2D eigenvalue weighted by molar-refractivity contribution is -0.114. The molecule has 0 bridgehead atoms. The number of carbonyl (C=O) groups is 2. The smallest absolute Gasteiger partial charge is 0.254 e. The number of thioether (sulfide) groups is 1. The van der Waals surface area contributed by atoms with E-state index in [9.17, 15) is 14.9 Å². The molecule has 0 unspecified atom stereocenters. The lowest BCUT2D eigenvalue weighted by Crippen LogP contribution is -2.31. The predicted octanol–water partition coefficient (Wildman–Crippen LogP) is 6.71. The first-order valence-corrected chi connectivity index (χ1v) is 13.6. The summed E-state index contributed by atoms with van der Waals surface area (Å²) in [5.41, 5.74) is 2.71. The number of hydrogen-bond acceptors (Lipinski definition) is 6. The first kappa shape index (κ1) is 28.1. The number of nitrogens with one attached hydrogen (secondary N) is 3. The van der Waals surface area contributed by atoms with E-state index in [0.717, 1.165) is 11.8 Å².